The van der Waals surface area contributed by atoms with Crippen LogP contribution in [0.15, 0.2) is 0 Å². The summed E-state index contributed by atoms with van der Waals surface area (Å²) in [6, 6.07) is 0. The molecule has 0 aromatic carbocycles. The smallest absolute Gasteiger partial charge is 0.374 e. The number of rotatable bonds is 1. The van der Waals surface area contributed by atoms with Crippen LogP contribution in [-0.2, 0) is 0 Å². The Morgan fingerprint density at radius 3 is 2.67 bits per heavy atom. The first-order chi connectivity index (χ1) is 4.20. The highest BCUT2D eigenvalue weighted by molar-refractivity contribution is 7.05. The summed E-state index contributed by atoms with van der Waals surface area (Å²) in [6.07, 6.45) is 0. The number of carbonyl (C=O) groups is 1. The molecule has 5 heteroatoms. The van der Waals surface area contributed by atoms with Crippen LogP contribution >= 0.6 is 11.5 Å². The van der Waals surface area contributed by atoms with Crippen LogP contribution in [-0.4, -0.2) is 20.4 Å². The monoisotopic (exact) mass is 144 g/mol. The molecule has 48 valence electrons. The standard InChI is InChI=1S/C4H4N2O2S/c1-2-5-3(4(7)8)6-9-2/h1H3,(H,7,8). The molecule has 1 heterocycles. The van der Waals surface area contributed by atoms with Crippen LogP contribution in [0.1, 0.15) is 15.6 Å². The number of carboxylic acids is 1. The lowest BCUT2D eigenvalue weighted by Gasteiger charge is -1.77. The second-order valence-corrected chi connectivity index (χ2v) is 2.40. The summed E-state index contributed by atoms with van der Waals surface area (Å²) in [5.74, 6) is -1.18. The summed E-state index contributed by atoms with van der Waals surface area (Å²) in [4.78, 5) is 13.7. The molecule has 0 atom stereocenters. The van der Waals surface area contributed by atoms with E-state index in [2.05, 4.69) is 9.36 Å². The van der Waals surface area contributed by atoms with E-state index in [4.69, 9.17) is 5.11 Å². The van der Waals surface area contributed by atoms with E-state index in [1.807, 2.05) is 0 Å². The Kier molecular flexibility index (Phi) is 1.44. The van der Waals surface area contributed by atoms with Gasteiger partial charge in [0.1, 0.15) is 5.01 Å². The Labute approximate surface area is 55.3 Å². The molecule has 0 radical (unpaired) electrons. The van der Waals surface area contributed by atoms with Gasteiger partial charge < -0.3 is 5.11 Å². The normalized spacial score (nSPS) is 9.44. The predicted molar refractivity (Wildman–Crippen MR) is 31.6 cm³/mol. The predicted octanol–water partition coefficient (Wildman–Crippen LogP) is 0.545. The minimum atomic E-state index is -1.07. The molecule has 0 aliphatic heterocycles. The van der Waals surface area contributed by atoms with Crippen molar-refractivity contribution in [2.75, 3.05) is 0 Å². The average Bonchev–Trinajstić information content (AvgIpc) is 2.14. The van der Waals surface area contributed by atoms with E-state index in [0.29, 0.717) is 5.01 Å². The molecule has 0 unspecified atom stereocenters. The van der Waals surface area contributed by atoms with Crippen LogP contribution in [0.4, 0.5) is 0 Å². The van der Waals surface area contributed by atoms with Crippen LogP contribution in [0.2, 0.25) is 0 Å². The Morgan fingerprint density at radius 2 is 2.44 bits per heavy atom. The van der Waals surface area contributed by atoms with Crippen molar-refractivity contribution < 1.29 is 9.90 Å². The van der Waals surface area contributed by atoms with Gasteiger partial charge in [0.25, 0.3) is 5.82 Å². The van der Waals surface area contributed by atoms with Gasteiger partial charge in [0.05, 0.1) is 0 Å². The van der Waals surface area contributed by atoms with Gasteiger partial charge in [-0.25, -0.2) is 9.78 Å². The molecule has 1 rings (SSSR count). The van der Waals surface area contributed by atoms with Crippen LogP contribution < -0.4 is 0 Å². The van der Waals surface area contributed by atoms with Gasteiger partial charge in [0.2, 0.25) is 0 Å². The average molecular weight is 144 g/mol. The van der Waals surface area contributed by atoms with E-state index >= 15 is 0 Å². The topological polar surface area (TPSA) is 63.1 Å². The van der Waals surface area contributed by atoms with Crippen molar-refractivity contribution in [2.24, 2.45) is 0 Å². The molecule has 0 bridgehead atoms. The fraction of sp³-hybridized carbons (Fsp3) is 0.250. The lowest BCUT2D eigenvalue weighted by atomic mass is 10.6. The van der Waals surface area contributed by atoms with E-state index < -0.39 is 5.97 Å². The van der Waals surface area contributed by atoms with Gasteiger partial charge in [-0.05, 0) is 18.5 Å². The summed E-state index contributed by atoms with van der Waals surface area (Å²) < 4.78 is 3.55. The summed E-state index contributed by atoms with van der Waals surface area (Å²) in [5.41, 5.74) is 0. The molecule has 0 fully saturated rings. The molecule has 0 saturated carbocycles. The molecular formula is C4H4N2O2S. The zero-order valence-electron chi connectivity index (χ0n) is 4.66. The summed E-state index contributed by atoms with van der Waals surface area (Å²) in [7, 11) is 0. The van der Waals surface area contributed by atoms with E-state index in [0.717, 1.165) is 11.5 Å². The molecule has 0 aliphatic carbocycles. The van der Waals surface area contributed by atoms with Gasteiger partial charge in [-0.1, -0.05) is 0 Å². The molecular weight excluding hydrogens is 140 g/mol. The molecule has 0 saturated heterocycles. The maximum atomic E-state index is 10.1. The summed E-state index contributed by atoms with van der Waals surface area (Å²) >= 11 is 1.09. The van der Waals surface area contributed by atoms with Crippen LogP contribution in [0.5, 0.6) is 0 Å². The zero-order chi connectivity index (χ0) is 6.85. The first kappa shape index (κ1) is 6.15. The van der Waals surface area contributed by atoms with Gasteiger partial charge >= 0.3 is 5.97 Å². The number of nitrogens with zero attached hydrogens (tertiary/aromatic N) is 2. The maximum absolute atomic E-state index is 10.1. The minimum Gasteiger partial charge on any atom is -0.475 e. The lowest BCUT2D eigenvalue weighted by Crippen LogP contribution is -1.97. The molecule has 0 aliphatic rings. The molecule has 1 aromatic rings. The first-order valence-corrected chi connectivity index (χ1v) is 3.01. The van der Waals surface area contributed by atoms with Gasteiger partial charge in [-0.2, -0.15) is 4.37 Å². The van der Waals surface area contributed by atoms with Gasteiger partial charge in [-0.15, -0.1) is 0 Å². The number of aryl methyl sites for hydroxylation is 1. The van der Waals surface area contributed by atoms with Gasteiger partial charge in [0, 0.05) is 0 Å². The Bertz CT molecular complexity index is 232. The first-order valence-electron chi connectivity index (χ1n) is 2.24. The number of aromatic carboxylic acids is 1. The fourth-order valence-electron chi connectivity index (χ4n) is 0.386. The van der Waals surface area contributed by atoms with Gasteiger partial charge in [0.15, 0.2) is 0 Å². The second-order valence-electron chi connectivity index (χ2n) is 1.44. The van der Waals surface area contributed by atoms with Crippen molar-refractivity contribution in [3.8, 4) is 0 Å². The van der Waals surface area contributed by atoms with E-state index in [1.54, 1.807) is 6.92 Å². The maximum Gasteiger partial charge on any atom is 0.374 e. The van der Waals surface area contributed by atoms with Crippen molar-refractivity contribution in [3.05, 3.63) is 10.8 Å². The molecule has 4 nitrogen and oxygen atoms in total. The van der Waals surface area contributed by atoms with Crippen LogP contribution in [0.3, 0.4) is 0 Å². The molecule has 1 N–H and O–H groups in total. The third-order valence-corrected chi connectivity index (χ3v) is 1.34. The highest BCUT2D eigenvalue weighted by Crippen LogP contribution is 2.00. The summed E-state index contributed by atoms with van der Waals surface area (Å²) in [5, 5.41) is 8.95. The minimum absolute atomic E-state index is 0.113. The van der Waals surface area contributed by atoms with Crippen molar-refractivity contribution in [2.45, 2.75) is 6.92 Å². The molecule has 0 spiro atoms. The highest BCUT2D eigenvalue weighted by Gasteiger charge is 2.06. The van der Waals surface area contributed by atoms with Crippen molar-refractivity contribution in [1.29, 1.82) is 0 Å². The molecule has 9 heavy (non-hydrogen) atoms. The third-order valence-electron chi connectivity index (χ3n) is 0.719. The Balaban J connectivity index is 2.98. The summed E-state index contributed by atoms with van der Waals surface area (Å²) in [6.45, 7) is 1.71. The molecule has 1 aromatic heterocycles. The quantitative estimate of drug-likeness (QED) is 0.625. The van der Waals surface area contributed by atoms with Crippen LogP contribution in [0.25, 0.3) is 0 Å². The lowest BCUT2D eigenvalue weighted by molar-refractivity contribution is 0.0685. The van der Waals surface area contributed by atoms with Crippen molar-refractivity contribution in [3.63, 3.8) is 0 Å². The van der Waals surface area contributed by atoms with Crippen LogP contribution in [0, 0.1) is 6.92 Å². The van der Waals surface area contributed by atoms with Crippen molar-refractivity contribution in [1.82, 2.24) is 9.36 Å². The van der Waals surface area contributed by atoms with E-state index in [9.17, 15) is 4.79 Å². The number of hydrogen-bond acceptors (Lipinski definition) is 4. The fourth-order valence-corrected chi connectivity index (χ4v) is 0.851. The SMILES string of the molecule is Cc1nc(C(=O)O)ns1. The number of hydrogen-bond donors (Lipinski definition) is 1. The largest absolute Gasteiger partial charge is 0.475 e. The Morgan fingerprint density at radius 1 is 1.78 bits per heavy atom. The molecule has 0 amide bonds. The van der Waals surface area contributed by atoms with E-state index in [1.165, 1.54) is 0 Å². The highest BCUT2D eigenvalue weighted by atomic mass is 32.1. The second kappa shape index (κ2) is 2.10. The third kappa shape index (κ3) is 1.23. The zero-order valence-corrected chi connectivity index (χ0v) is 5.47. The Hall–Kier alpha value is -0.970. The van der Waals surface area contributed by atoms with Gasteiger partial charge in [-0.3, -0.25) is 0 Å². The number of aromatic nitrogens is 2. The van der Waals surface area contributed by atoms with Crippen molar-refractivity contribution >= 4 is 17.5 Å². The number of carboxylic acid groups (broad SMARTS) is 1. The van der Waals surface area contributed by atoms with E-state index in [-0.39, 0.29) is 5.82 Å².